The van der Waals surface area contributed by atoms with Gasteiger partial charge in [0.2, 0.25) is 5.12 Å². The molecule has 0 amide bonds. The largest absolute Gasteiger partial charge is 0.450 e. The number of Topliss-reactive ketones (excluding diaryl/α,β-unsaturated/α-hetero) is 1. The number of fused-ring (bicyclic) bond motifs is 1. The fraction of sp³-hybridized carbons (Fsp3) is 0.125. The van der Waals surface area contributed by atoms with Crippen LogP contribution in [0.25, 0.3) is 6.08 Å². The zero-order chi connectivity index (χ0) is 15.8. The van der Waals surface area contributed by atoms with Crippen LogP contribution in [0.15, 0.2) is 49.9 Å². The maximum absolute atomic E-state index is 11.6. The van der Waals surface area contributed by atoms with E-state index >= 15 is 0 Å². The lowest BCUT2D eigenvalue weighted by Crippen LogP contribution is -1.92. The van der Waals surface area contributed by atoms with E-state index < -0.39 is 0 Å². The average molecular weight is 342 g/mol. The Kier molecular flexibility index (Phi) is 3.66. The van der Waals surface area contributed by atoms with Gasteiger partial charge < -0.3 is 4.42 Å². The number of pyridine rings is 1. The highest BCUT2D eigenvalue weighted by Crippen LogP contribution is 2.34. The van der Waals surface area contributed by atoms with Crippen molar-refractivity contribution in [2.24, 2.45) is 4.99 Å². The molecule has 0 N–H and O–H groups in total. The first kappa shape index (κ1) is 14.5. The van der Waals surface area contributed by atoms with Crippen molar-refractivity contribution in [3.8, 4) is 0 Å². The fourth-order valence-corrected chi connectivity index (χ4v) is 3.97. The minimum atomic E-state index is -0.146. The van der Waals surface area contributed by atoms with E-state index in [2.05, 4.69) is 9.98 Å². The van der Waals surface area contributed by atoms with Crippen molar-refractivity contribution >= 4 is 51.2 Å². The number of ketones is 1. The van der Waals surface area contributed by atoms with E-state index in [1.54, 1.807) is 18.3 Å². The molecule has 1 fully saturated rings. The fourth-order valence-electron chi connectivity index (χ4n) is 2.30. The van der Waals surface area contributed by atoms with Gasteiger partial charge in [-0.2, -0.15) is 0 Å². The Morgan fingerprint density at radius 2 is 2.13 bits per heavy atom. The molecule has 2 aliphatic rings. The molecule has 0 saturated carbocycles. The first-order valence-corrected chi connectivity index (χ1v) is 8.55. The van der Waals surface area contributed by atoms with Crippen molar-refractivity contribution in [2.45, 2.75) is 17.9 Å². The lowest BCUT2D eigenvalue weighted by Gasteiger charge is -1.95. The van der Waals surface area contributed by atoms with Crippen LogP contribution in [0, 0.1) is 0 Å². The molecule has 0 spiro atoms. The van der Waals surface area contributed by atoms with E-state index in [1.165, 1.54) is 11.8 Å². The highest BCUT2D eigenvalue weighted by molar-refractivity contribution is 8.18. The minimum Gasteiger partial charge on any atom is -0.450 e. The Bertz CT molecular complexity index is 883. The molecule has 0 radical (unpaired) electrons. The summed E-state index contributed by atoms with van der Waals surface area (Å²) in [6, 6.07) is 7.42. The molecule has 0 atom stereocenters. The van der Waals surface area contributed by atoms with Crippen molar-refractivity contribution in [1.29, 1.82) is 0 Å². The molecular formula is C16H10N2O3S2. The Morgan fingerprint density at radius 1 is 1.22 bits per heavy atom. The van der Waals surface area contributed by atoms with E-state index in [-0.39, 0.29) is 17.3 Å². The van der Waals surface area contributed by atoms with Gasteiger partial charge in [0.1, 0.15) is 5.76 Å². The zero-order valence-electron chi connectivity index (χ0n) is 11.8. The van der Waals surface area contributed by atoms with Gasteiger partial charge in [-0.15, -0.1) is 0 Å². The first-order valence-electron chi connectivity index (χ1n) is 6.92. The van der Waals surface area contributed by atoms with Crippen molar-refractivity contribution in [2.75, 3.05) is 0 Å². The van der Waals surface area contributed by atoms with Crippen LogP contribution >= 0.6 is 23.5 Å². The van der Waals surface area contributed by atoms with Gasteiger partial charge in [-0.25, -0.2) is 4.99 Å². The number of rotatable bonds is 2. The monoisotopic (exact) mass is 342 g/mol. The summed E-state index contributed by atoms with van der Waals surface area (Å²) in [5, 5.41) is 1.51. The smallest absolute Gasteiger partial charge is 0.201 e. The zero-order valence-corrected chi connectivity index (χ0v) is 13.4. The number of furan rings is 1. The molecule has 2 aliphatic heterocycles. The van der Waals surface area contributed by atoms with Crippen LogP contribution < -0.4 is 0 Å². The average Bonchev–Trinajstić information content (AvgIpc) is 3.19. The number of thioether (sulfide) groups is 2. The number of nitrogens with zero attached hydrogens (tertiary/aromatic N) is 2. The SMILES string of the molecule is O=C1CC(=O)/C(=C/c2ccc(SC3=Nc4cccnc4C3)o2)S1. The third-order valence-corrected chi connectivity index (χ3v) is 5.16. The van der Waals surface area contributed by atoms with Crippen LogP contribution in [-0.2, 0) is 16.0 Å². The lowest BCUT2D eigenvalue weighted by atomic mass is 10.2. The van der Waals surface area contributed by atoms with E-state index in [0.29, 0.717) is 22.2 Å². The van der Waals surface area contributed by atoms with E-state index in [1.807, 2.05) is 18.2 Å². The van der Waals surface area contributed by atoms with Crippen molar-refractivity contribution in [3.05, 3.63) is 46.8 Å². The summed E-state index contributed by atoms with van der Waals surface area (Å²) in [5.74, 6) is 0.416. The summed E-state index contributed by atoms with van der Waals surface area (Å²) in [5.41, 5.74) is 1.87. The molecule has 4 heterocycles. The summed E-state index contributed by atoms with van der Waals surface area (Å²) in [6.07, 6.45) is 4.05. The molecule has 2 aromatic heterocycles. The maximum atomic E-state index is 11.6. The molecule has 1 saturated heterocycles. The predicted molar refractivity (Wildman–Crippen MR) is 89.8 cm³/mol. The van der Waals surface area contributed by atoms with Gasteiger partial charge in [0.25, 0.3) is 0 Å². The van der Waals surface area contributed by atoms with Crippen LogP contribution in [-0.4, -0.2) is 20.9 Å². The number of hydrogen-bond donors (Lipinski definition) is 0. The summed E-state index contributed by atoms with van der Waals surface area (Å²) in [7, 11) is 0. The molecule has 0 bridgehead atoms. The highest BCUT2D eigenvalue weighted by Gasteiger charge is 2.26. The molecule has 5 nitrogen and oxygen atoms in total. The van der Waals surface area contributed by atoms with Crippen molar-refractivity contribution in [1.82, 2.24) is 4.98 Å². The number of carbonyl (C=O) groups excluding carboxylic acids is 2. The summed E-state index contributed by atoms with van der Waals surface area (Å²) in [4.78, 5) is 32.1. The van der Waals surface area contributed by atoms with Gasteiger partial charge in [-0.1, -0.05) is 0 Å². The third kappa shape index (κ3) is 3.02. The second kappa shape index (κ2) is 5.82. The van der Waals surface area contributed by atoms with Gasteiger partial charge in [0.05, 0.1) is 27.8 Å². The molecule has 0 unspecified atom stereocenters. The molecule has 0 aromatic carbocycles. The quantitative estimate of drug-likeness (QED) is 0.613. The summed E-state index contributed by atoms with van der Waals surface area (Å²) >= 11 is 2.42. The van der Waals surface area contributed by atoms with E-state index in [4.69, 9.17) is 4.42 Å². The topological polar surface area (TPSA) is 72.5 Å². The van der Waals surface area contributed by atoms with Crippen molar-refractivity contribution in [3.63, 3.8) is 0 Å². The highest BCUT2D eigenvalue weighted by atomic mass is 32.2. The molecule has 23 heavy (non-hydrogen) atoms. The molecular weight excluding hydrogens is 332 g/mol. The molecule has 0 aliphatic carbocycles. The maximum Gasteiger partial charge on any atom is 0.201 e. The number of carbonyl (C=O) groups is 2. The molecule has 7 heteroatoms. The standard InChI is InChI=1S/C16H10N2O3S2/c19-12-8-15(20)22-13(12)6-9-3-4-16(21-9)23-14-7-11-10(18-14)2-1-5-17-11/h1-6H,7-8H2/b13-6-. The Balaban J connectivity index is 1.49. The third-order valence-electron chi connectivity index (χ3n) is 3.33. The second-order valence-corrected chi connectivity index (χ2v) is 7.17. The Morgan fingerprint density at radius 3 is 2.91 bits per heavy atom. The number of hydrogen-bond acceptors (Lipinski definition) is 7. The lowest BCUT2D eigenvalue weighted by molar-refractivity contribution is -0.119. The van der Waals surface area contributed by atoms with Gasteiger partial charge >= 0.3 is 0 Å². The summed E-state index contributed by atoms with van der Waals surface area (Å²) in [6.45, 7) is 0. The Labute approximate surface area is 140 Å². The van der Waals surface area contributed by atoms with Gasteiger partial charge in [-0.05, 0) is 53.9 Å². The van der Waals surface area contributed by atoms with E-state index in [9.17, 15) is 9.59 Å². The van der Waals surface area contributed by atoms with Crippen LogP contribution in [0.4, 0.5) is 5.69 Å². The normalized spacial score (nSPS) is 18.6. The van der Waals surface area contributed by atoms with Crippen LogP contribution in [0.2, 0.25) is 0 Å². The van der Waals surface area contributed by atoms with Gasteiger partial charge in [-0.3, -0.25) is 14.6 Å². The van der Waals surface area contributed by atoms with Crippen LogP contribution in [0.1, 0.15) is 17.9 Å². The van der Waals surface area contributed by atoms with Crippen molar-refractivity contribution < 1.29 is 14.0 Å². The molecule has 114 valence electrons. The predicted octanol–water partition coefficient (Wildman–Crippen LogP) is 3.63. The van der Waals surface area contributed by atoms with E-state index in [0.717, 1.165) is 28.2 Å². The van der Waals surface area contributed by atoms with Crippen LogP contribution in [0.3, 0.4) is 0 Å². The summed E-state index contributed by atoms with van der Waals surface area (Å²) < 4.78 is 5.70. The van der Waals surface area contributed by atoms with Gasteiger partial charge in [0, 0.05) is 12.6 Å². The van der Waals surface area contributed by atoms with Gasteiger partial charge in [0.15, 0.2) is 10.9 Å². The number of allylic oxidation sites excluding steroid dienone is 1. The number of aliphatic imine (C=N–C) groups is 1. The molecule has 2 aromatic rings. The minimum absolute atomic E-state index is 0.0269. The van der Waals surface area contributed by atoms with Crippen LogP contribution in [0.5, 0.6) is 0 Å². The number of aromatic nitrogens is 1. The first-order chi connectivity index (χ1) is 11.2. The second-order valence-electron chi connectivity index (χ2n) is 4.99. The molecule has 4 rings (SSSR count). The Hall–Kier alpha value is -2.12.